The molecule has 0 saturated heterocycles. The van der Waals surface area contributed by atoms with Crippen molar-refractivity contribution in [1.82, 2.24) is 35.2 Å². The SMILES string of the molecule is CC(C)(C#Cc1ccc(-c2ccc(Cl)c3c(N(C(=O)N[C@](C)(CO)CC(=O)O)S(C)(=O)=O)nn(CC(F)(F)F)c23)c([C@H](Cc2cc(F)cc(F)c2)NC(=O)Cn2nc(C(F)(F)F)c3c2C(F)(F)[C@@H]2C[C@H]32)n1)S(C)(=O)=O. The number of halogens is 11. The lowest BCUT2D eigenvalue weighted by atomic mass is 9.93. The molecule has 0 bridgehead atoms. The molecule has 4 N–H and O–H groups in total. The van der Waals surface area contributed by atoms with E-state index in [0.29, 0.717) is 12.3 Å². The van der Waals surface area contributed by atoms with Gasteiger partial charge in [0.15, 0.2) is 21.3 Å². The second-order valence-electron chi connectivity index (χ2n) is 18.8. The first-order valence-electron chi connectivity index (χ1n) is 21.8. The van der Waals surface area contributed by atoms with Crippen LogP contribution in [0.15, 0.2) is 42.5 Å². The van der Waals surface area contributed by atoms with Crippen LogP contribution in [0.4, 0.5) is 54.5 Å². The van der Waals surface area contributed by atoms with Gasteiger partial charge in [-0.25, -0.2) is 35.4 Å². The van der Waals surface area contributed by atoms with Crippen LogP contribution in [0.5, 0.6) is 0 Å². The number of carboxylic acid groups (broad SMARTS) is 1. The number of nitrogens with one attached hydrogen (secondary N) is 2. The zero-order valence-electron chi connectivity index (χ0n) is 39.4. The number of sulfone groups is 1. The van der Waals surface area contributed by atoms with Gasteiger partial charge in [0.2, 0.25) is 15.9 Å². The number of nitrogens with zero attached hydrogens (tertiary/aromatic N) is 6. The number of sulfonamides is 1. The molecule has 17 nitrogen and oxygen atoms in total. The van der Waals surface area contributed by atoms with Gasteiger partial charge in [-0.1, -0.05) is 23.6 Å². The van der Waals surface area contributed by atoms with Gasteiger partial charge in [-0.05, 0) is 81.3 Å². The van der Waals surface area contributed by atoms with E-state index < -0.39 is 178 Å². The Kier molecular flexibility index (Phi) is 14.4. The average molecular weight is 1130 g/mol. The zero-order chi connectivity index (χ0) is 55.9. The Morgan fingerprint density at radius 3 is 2.13 bits per heavy atom. The normalized spacial score (nSPS) is 17.6. The number of urea groups is 1. The van der Waals surface area contributed by atoms with E-state index in [9.17, 15) is 76.6 Å². The van der Waals surface area contributed by atoms with Crippen molar-refractivity contribution in [3.8, 4) is 23.0 Å². The monoisotopic (exact) mass is 1130 g/mol. The number of benzene rings is 2. The maximum absolute atomic E-state index is 15.6. The first-order chi connectivity index (χ1) is 34.4. The second-order valence-corrected chi connectivity index (χ2v) is 23.6. The van der Waals surface area contributed by atoms with Gasteiger partial charge in [0.05, 0.1) is 52.5 Å². The van der Waals surface area contributed by atoms with Gasteiger partial charge < -0.3 is 20.8 Å². The number of carbonyl (C=O) groups excluding carboxylic acids is 2. The third-order valence-electron chi connectivity index (χ3n) is 12.3. The van der Waals surface area contributed by atoms with Crippen LogP contribution in [-0.4, -0.2) is 105 Å². The number of hydrogen-bond acceptors (Lipinski definition) is 11. The highest BCUT2D eigenvalue weighted by Gasteiger charge is 2.68. The summed E-state index contributed by atoms with van der Waals surface area (Å²) in [6.45, 7) is -1.09. The molecule has 0 spiro atoms. The highest BCUT2D eigenvalue weighted by atomic mass is 35.5. The molecule has 7 rings (SSSR count). The smallest absolute Gasteiger partial charge is 0.435 e. The Hall–Kier alpha value is -6.51. The molecule has 2 aliphatic carbocycles. The van der Waals surface area contributed by atoms with E-state index in [-0.39, 0.29) is 36.9 Å². The average Bonchev–Trinajstić information content (AvgIpc) is 3.76. The number of aliphatic hydroxyl groups excluding tert-OH is 1. The summed E-state index contributed by atoms with van der Waals surface area (Å²) >= 11 is 6.62. The maximum Gasteiger partial charge on any atom is 0.435 e. The fourth-order valence-electron chi connectivity index (χ4n) is 8.59. The van der Waals surface area contributed by atoms with Crippen molar-refractivity contribution >= 4 is 66.1 Å². The number of amides is 3. The number of rotatable bonds is 15. The summed E-state index contributed by atoms with van der Waals surface area (Å²) in [6, 6.07) is 2.66. The summed E-state index contributed by atoms with van der Waals surface area (Å²) < 4.78 is 198. The van der Waals surface area contributed by atoms with Gasteiger partial charge in [-0.15, -0.1) is 0 Å². The highest BCUT2D eigenvalue weighted by molar-refractivity contribution is 7.93. The minimum atomic E-state index is -5.25. The lowest BCUT2D eigenvalue weighted by Gasteiger charge is -2.29. The molecule has 0 aliphatic heterocycles. The molecular formula is C45H41ClF10N8O9S2. The molecule has 3 heterocycles. The van der Waals surface area contributed by atoms with E-state index in [1.807, 2.05) is 5.32 Å². The summed E-state index contributed by atoms with van der Waals surface area (Å²) in [5.74, 6) is -8.00. The summed E-state index contributed by atoms with van der Waals surface area (Å²) in [6.07, 6.45) is -11.2. The Bertz CT molecular complexity index is 3460. The molecule has 0 unspecified atom stereocenters. The molecule has 5 aromatic rings. The molecule has 75 heavy (non-hydrogen) atoms. The van der Waals surface area contributed by atoms with Crippen molar-refractivity contribution in [2.75, 3.05) is 23.4 Å². The predicted octanol–water partition coefficient (Wildman–Crippen LogP) is 6.99. The molecule has 1 fully saturated rings. The van der Waals surface area contributed by atoms with Gasteiger partial charge in [-0.2, -0.15) is 49.6 Å². The Balaban J connectivity index is 1.49. The second kappa shape index (κ2) is 19.3. The van der Waals surface area contributed by atoms with Crippen LogP contribution < -0.4 is 14.9 Å². The van der Waals surface area contributed by atoms with Crippen LogP contribution in [0.25, 0.3) is 22.0 Å². The molecule has 1 saturated carbocycles. The maximum atomic E-state index is 15.6. The number of pyridine rings is 1. The number of aliphatic carboxylic acids is 1. The van der Waals surface area contributed by atoms with E-state index in [0.717, 1.165) is 49.6 Å². The Morgan fingerprint density at radius 2 is 1.57 bits per heavy atom. The van der Waals surface area contributed by atoms with Crippen molar-refractivity contribution in [1.29, 1.82) is 0 Å². The number of alkyl halides is 8. The molecule has 2 aromatic carbocycles. The minimum Gasteiger partial charge on any atom is -0.481 e. The molecule has 3 amide bonds. The molecule has 30 heteroatoms. The van der Waals surface area contributed by atoms with Crippen molar-refractivity contribution in [2.24, 2.45) is 5.92 Å². The lowest BCUT2D eigenvalue weighted by molar-refractivity contribution is -0.143. The third kappa shape index (κ3) is 11.5. The van der Waals surface area contributed by atoms with Gasteiger partial charge in [-0.3, -0.25) is 19.0 Å². The zero-order valence-corrected chi connectivity index (χ0v) is 41.8. The molecular weight excluding hydrogens is 1090 g/mol. The standard InChI is InChI=1S/C45H41ClF10N8O9S2/c1-41(2,74(4,70)71)11-10-24-6-7-25(26-8-9-29(46)34-36(26)63(19-43(49,50)51)61-39(34)64(75(5,72)73)40(69)59-42(3,20-65)17-32(67)68)35(57-24)30(14-21-12-22(47)15-23(48)13-21)58-31(66)18-62-38-33(37(60-62)45(54,55)56)27-16-28(27)44(38,52)53/h6-9,12-13,15,27-28,30,65H,14,16-20H2,1-5H3,(H,58,66)(H,59,69)(H,67,68)/t27-,28+,30-,42-/m0/s1. The van der Waals surface area contributed by atoms with Gasteiger partial charge in [0, 0.05) is 34.9 Å². The van der Waals surface area contributed by atoms with Gasteiger partial charge in [0.25, 0.3) is 5.92 Å². The van der Waals surface area contributed by atoms with E-state index in [1.165, 1.54) is 13.8 Å². The number of carboxylic acids is 1. The van der Waals surface area contributed by atoms with E-state index in [2.05, 4.69) is 32.3 Å². The number of aromatic nitrogens is 5. The molecule has 4 atom stereocenters. The first-order valence-corrected chi connectivity index (χ1v) is 25.9. The largest absolute Gasteiger partial charge is 0.481 e. The van der Waals surface area contributed by atoms with Crippen molar-refractivity contribution in [3.63, 3.8) is 0 Å². The molecule has 404 valence electrons. The fourth-order valence-corrected chi connectivity index (χ4v) is 9.85. The lowest BCUT2D eigenvalue weighted by Crippen LogP contribution is -2.56. The van der Waals surface area contributed by atoms with Crippen LogP contribution in [0.1, 0.15) is 79.5 Å². The molecule has 3 aromatic heterocycles. The van der Waals surface area contributed by atoms with Crippen LogP contribution in [0.3, 0.4) is 0 Å². The summed E-state index contributed by atoms with van der Waals surface area (Å²) in [4.78, 5) is 44.2. The molecule has 2 aliphatic rings. The van der Waals surface area contributed by atoms with Gasteiger partial charge in [0.1, 0.15) is 40.9 Å². The number of hydrogen-bond donors (Lipinski definition) is 4. The van der Waals surface area contributed by atoms with Crippen molar-refractivity contribution in [2.45, 2.75) is 93.6 Å². The molecule has 0 radical (unpaired) electrons. The van der Waals surface area contributed by atoms with Crippen LogP contribution >= 0.6 is 11.6 Å². The van der Waals surface area contributed by atoms with Gasteiger partial charge >= 0.3 is 24.4 Å². The number of carbonyl (C=O) groups is 3. The highest BCUT2D eigenvalue weighted by Crippen LogP contribution is 2.68. The summed E-state index contributed by atoms with van der Waals surface area (Å²) in [5.41, 5.74) is -8.47. The Morgan fingerprint density at radius 1 is 0.947 bits per heavy atom. The van der Waals surface area contributed by atoms with E-state index >= 15 is 8.78 Å². The van der Waals surface area contributed by atoms with Crippen molar-refractivity contribution in [3.05, 3.63) is 93.0 Å². The quantitative estimate of drug-likeness (QED) is 0.0613. The van der Waals surface area contributed by atoms with Crippen LogP contribution in [-0.2, 0) is 61.1 Å². The number of fused-ring (bicyclic) bond motifs is 4. The Labute approximate surface area is 424 Å². The van der Waals surface area contributed by atoms with E-state index in [1.54, 1.807) is 0 Å². The minimum absolute atomic E-state index is 0.153. The third-order valence-corrected chi connectivity index (χ3v) is 15.6. The van der Waals surface area contributed by atoms with Crippen LogP contribution in [0.2, 0.25) is 5.02 Å². The topological polar surface area (TPSA) is 236 Å². The summed E-state index contributed by atoms with van der Waals surface area (Å²) in [5, 5.41) is 29.8. The predicted molar refractivity (Wildman–Crippen MR) is 246 cm³/mol. The summed E-state index contributed by atoms with van der Waals surface area (Å²) in [7, 11) is -8.96. The first kappa shape index (κ1) is 56.2. The number of anilines is 1. The van der Waals surface area contributed by atoms with Crippen LogP contribution in [0, 0.1) is 29.4 Å². The van der Waals surface area contributed by atoms with Crippen molar-refractivity contribution < 1.29 is 85.3 Å². The fraction of sp³-hybridized carbons (Fsp3) is 0.422. The van der Waals surface area contributed by atoms with E-state index in [4.69, 9.17) is 11.6 Å². The number of aliphatic hydroxyl groups is 1.